The largest absolute Gasteiger partial charge is 0.377 e. The average molecular weight is 377 g/mol. The zero-order chi connectivity index (χ0) is 19.6. The van der Waals surface area contributed by atoms with Gasteiger partial charge in [0, 0.05) is 6.61 Å². The van der Waals surface area contributed by atoms with E-state index in [1.54, 1.807) is 0 Å². The molecule has 0 heterocycles. The lowest BCUT2D eigenvalue weighted by Gasteiger charge is -2.28. The number of ether oxygens (including phenoxy) is 1. The summed E-state index contributed by atoms with van der Waals surface area (Å²) in [5.41, 5.74) is 5.38. The number of hydrogen-bond acceptors (Lipinski definition) is 1. The Morgan fingerprint density at radius 1 is 0.893 bits per heavy atom. The van der Waals surface area contributed by atoms with Crippen molar-refractivity contribution in [3.8, 4) is 11.1 Å². The van der Waals surface area contributed by atoms with Gasteiger partial charge in [0.15, 0.2) is 0 Å². The Morgan fingerprint density at radius 3 is 2.14 bits per heavy atom. The van der Waals surface area contributed by atoms with Crippen molar-refractivity contribution in [3.63, 3.8) is 0 Å². The maximum absolute atomic E-state index is 5.71. The Labute approximate surface area is 171 Å². The third-order valence-electron chi connectivity index (χ3n) is 6.13. The summed E-state index contributed by atoms with van der Waals surface area (Å²) in [6, 6.07) is 18.1. The molecule has 0 radical (unpaired) electrons. The molecule has 1 aliphatic rings. The standard InChI is InChI=1S/C27H36O/c1-3-5-7-22-8-12-24(13-9-22)26-16-18-27(19-17-26)25-14-10-23(11-15-25)21-28-20-6-4-2/h3,5,10-11,14-19,22,24H,4,6-9,12-13,20-21H2,1-2H3/t22-,24-. The molecule has 1 aliphatic carbocycles. The van der Waals surface area contributed by atoms with E-state index in [0.29, 0.717) is 0 Å². The minimum absolute atomic E-state index is 0.718. The maximum atomic E-state index is 5.71. The molecular formula is C27H36O. The van der Waals surface area contributed by atoms with Gasteiger partial charge in [-0.15, -0.1) is 0 Å². The molecule has 1 heteroatoms. The van der Waals surface area contributed by atoms with E-state index in [9.17, 15) is 0 Å². The lowest BCUT2D eigenvalue weighted by Crippen LogP contribution is -2.12. The quantitative estimate of drug-likeness (QED) is 0.319. The monoisotopic (exact) mass is 376 g/mol. The van der Waals surface area contributed by atoms with Crippen LogP contribution in [0.15, 0.2) is 60.7 Å². The molecule has 28 heavy (non-hydrogen) atoms. The smallest absolute Gasteiger partial charge is 0.0716 e. The normalized spacial score (nSPS) is 19.9. The minimum atomic E-state index is 0.718. The Bertz CT molecular complexity index is 703. The van der Waals surface area contributed by atoms with Gasteiger partial charge in [0.05, 0.1) is 6.61 Å². The molecule has 1 saturated carbocycles. The van der Waals surface area contributed by atoms with E-state index in [0.717, 1.165) is 31.5 Å². The molecular weight excluding hydrogens is 340 g/mol. The van der Waals surface area contributed by atoms with Crippen molar-refractivity contribution in [2.75, 3.05) is 6.61 Å². The number of allylic oxidation sites excluding steroid dienone is 2. The Balaban J connectivity index is 1.53. The van der Waals surface area contributed by atoms with Gasteiger partial charge in [0.2, 0.25) is 0 Å². The molecule has 150 valence electrons. The first-order valence-corrected chi connectivity index (χ1v) is 11.2. The molecule has 0 spiro atoms. The van der Waals surface area contributed by atoms with Crippen molar-refractivity contribution in [2.45, 2.75) is 71.3 Å². The van der Waals surface area contributed by atoms with Crippen LogP contribution < -0.4 is 0 Å². The minimum Gasteiger partial charge on any atom is -0.377 e. The Kier molecular flexibility index (Phi) is 8.36. The van der Waals surface area contributed by atoms with Crippen LogP contribution >= 0.6 is 0 Å². The number of unbranched alkanes of at least 4 members (excludes halogenated alkanes) is 1. The molecule has 2 aromatic rings. The topological polar surface area (TPSA) is 9.23 Å². The zero-order valence-corrected chi connectivity index (χ0v) is 17.7. The summed E-state index contributed by atoms with van der Waals surface area (Å²) in [7, 11) is 0. The van der Waals surface area contributed by atoms with Gasteiger partial charge in [0.25, 0.3) is 0 Å². The van der Waals surface area contributed by atoms with Crippen LogP contribution in [0.3, 0.4) is 0 Å². The second-order valence-corrected chi connectivity index (χ2v) is 8.25. The summed E-state index contributed by atoms with van der Waals surface area (Å²) >= 11 is 0. The molecule has 1 fully saturated rings. The molecule has 0 bridgehead atoms. The van der Waals surface area contributed by atoms with Crippen molar-refractivity contribution in [1.82, 2.24) is 0 Å². The van der Waals surface area contributed by atoms with Crippen LogP contribution in [-0.2, 0) is 11.3 Å². The van der Waals surface area contributed by atoms with E-state index in [2.05, 4.69) is 74.5 Å². The molecule has 0 amide bonds. The number of hydrogen-bond donors (Lipinski definition) is 0. The van der Waals surface area contributed by atoms with Gasteiger partial charge in [0.1, 0.15) is 0 Å². The Morgan fingerprint density at radius 2 is 1.54 bits per heavy atom. The van der Waals surface area contributed by atoms with Gasteiger partial charge >= 0.3 is 0 Å². The highest BCUT2D eigenvalue weighted by molar-refractivity contribution is 5.64. The summed E-state index contributed by atoms with van der Waals surface area (Å²) < 4.78 is 5.71. The van der Waals surface area contributed by atoms with Crippen molar-refractivity contribution in [2.24, 2.45) is 5.92 Å². The fourth-order valence-electron chi connectivity index (χ4n) is 4.24. The van der Waals surface area contributed by atoms with E-state index >= 15 is 0 Å². The van der Waals surface area contributed by atoms with E-state index in [-0.39, 0.29) is 0 Å². The van der Waals surface area contributed by atoms with Crippen molar-refractivity contribution in [3.05, 3.63) is 71.8 Å². The highest BCUT2D eigenvalue weighted by Gasteiger charge is 2.21. The summed E-state index contributed by atoms with van der Waals surface area (Å²) in [5.74, 6) is 1.65. The molecule has 1 nitrogen and oxygen atoms in total. The SMILES string of the molecule is CC=CC[C@H]1CC[C@H](c2ccc(-c3ccc(COCCCC)cc3)cc2)CC1. The van der Waals surface area contributed by atoms with Crippen molar-refractivity contribution >= 4 is 0 Å². The Hall–Kier alpha value is -1.86. The second-order valence-electron chi connectivity index (χ2n) is 8.25. The van der Waals surface area contributed by atoms with Crippen molar-refractivity contribution < 1.29 is 4.74 Å². The van der Waals surface area contributed by atoms with Gasteiger partial charge < -0.3 is 4.74 Å². The molecule has 0 unspecified atom stereocenters. The fourth-order valence-corrected chi connectivity index (χ4v) is 4.24. The van der Waals surface area contributed by atoms with Crippen LogP contribution in [-0.4, -0.2) is 6.61 Å². The molecule has 2 aromatic carbocycles. The third-order valence-corrected chi connectivity index (χ3v) is 6.13. The van der Waals surface area contributed by atoms with E-state index in [4.69, 9.17) is 4.74 Å². The summed E-state index contributed by atoms with van der Waals surface area (Å²) in [5, 5.41) is 0. The van der Waals surface area contributed by atoms with Crippen LogP contribution in [0, 0.1) is 5.92 Å². The lowest BCUT2D eigenvalue weighted by atomic mass is 9.77. The first kappa shape index (κ1) is 20.9. The molecule has 0 N–H and O–H groups in total. The van der Waals surface area contributed by atoms with Gasteiger partial charge in [-0.2, -0.15) is 0 Å². The summed E-state index contributed by atoms with van der Waals surface area (Å²) in [4.78, 5) is 0. The summed E-state index contributed by atoms with van der Waals surface area (Å²) in [6.45, 7) is 5.90. The zero-order valence-electron chi connectivity index (χ0n) is 17.7. The predicted molar refractivity (Wildman–Crippen MR) is 121 cm³/mol. The van der Waals surface area contributed by atoms with Crippen LogP contribution in [0.25, 0.3) is 11.1 Å². The van der Waals surface area contributed by atoms with Crippen LogP contribution in [0.2, 0.25) is 0 Å². The van der Waals surface area contributed by atoms with Crippen LogP contribution in [0.5, 0.6) is 0 Å². The first-order valence-electron chi connectivity index (χ1n) is 11.2. The highest BCUT2D eigenvalue weighted by atomic mass is 16.5. The molecule has 0 aromatic heterocycles. The van der Waals surface area contributed by atoms with E-state index in [1.807, 2.05) is 0 Å². The fraction of sp³-hybridized carbons (Fsp3) is 0.481. The number of rotatable bonds is 9. The molecule has 0 aliphatic heterocycles. The molecule has 0 atom stereocenters. The number of benzene rings is 2. The van der Waals surface area contributed by atoms with E-state index in [1.165, 1.54) is 60.8 Å². The van der Waals surface area contributed by atoms with Crippen molar-refractivity contribution in [1.29, 1.82) is 0 Å². The predicted octanol–water partition coefficient (Wildman–Crippen LogP) is 7.91. The first-order chi connectivity index (χ1) is 13.8. The average Bonchev–Trinajstić information content (AvgIpc) is 2.76. The summed E-state index contributed by atoms with van der Waals surface area (Å²) in [6.07, 6.45) is 13.6. The van der Waals surface area contributed by atoms with Crippen LogP contribution in [0.1, 0.15) is 75.8 Å². The van der Waals surface area contributed by atoms with Gasteiger partial charge in [-0.3, -0.25) is 0 Å². The third kappa shape index (κ3) is 6.07. The second kappa shape index (κ2) is 11.2. The van der Waals surface area contributed by atoms with Crippen LogP contribution in [0.4, 0.5) is 0 Å². The molecule has 0 saturated heterocycles. The maximum Gasteiger partial charge on any atom is 0.0716 e. The van der Waals surface area contributed by atoms with Gasteiger partial charge in [-0.05, 0) is 79.5 Å². The van der Waals surface area contributed by atoms with Gasteiger partial charge in [-0.1, -0.05) is 74.0 Å². The molecule has 3 rings (SSSR count). The highest BCUT2D eigenvalue weighted by Crippen LogP contribution is 2.37. The van der Waals surface area contributed by atoms with E-state index < -0.39 is 0 Å². The van der Waals surface area contributed by atoms with Gasteiger partial charge in [-0.25, -0.2) is 0 Å². The lowest BCUT2D eigenvalue weighted by molar-refractivity contribution is 0.118.